The highest BCUT2D eigenvalue weighted by Gasteiger charge is 2.22. The predicted octanol–water partition coefficient (Wildman–Crippen LogP) is 3.16. The summed E-state index contributed by atoms with van der Waals surface area (Å²) in [7, 11) is 0. The quantitative estimate of drug-likeness (QED) is 0.438. The Kier molecular flexibility index (Phi) is 8.31. The number of alkyl halides is 2. The van der Waals surface area contributed by atoms with Gasteiger partial charge in [0.05, 0.1) is 24.7 Å². The summed E-state index contributed by atoms with van der Waals surface area (Å²) in [5, 5.41) is 12.3. The highest BCUT2D eigenvalue weighted by atomic mass is 32.2. The largest absolute Gasteiger partial charge is 0.435 e. The molecule has 0 saturated carbocycles. The number of nitrogens with one attached hydrogen (secondary N) is 1. The molecule has 1 aliphatic heterocycles. The number of anilines is 1. The first kappa shape index (κ1) is 24.0. The summed E-state index contributed by atoms with van der Waals surface area (Å²) in [5.74, 6) is 0.905. The average molecular weight is 490 g/mol. The molecule has 0 aliphatic carbocycles. The fourth-order valence-corrected chi connectivity index (χ4v) is 4.27. The van der Waals surface area contributed by atoms with Crippen LogP contribution in [0.2, 0.25) is 0 Å². The van der Waals surface area contributed by atoms with Crippen molar-refractivity contribution in [2.45, 2.75) is 18.2 Å². The number of halogens is 2. The SMILES string of the molecule is O=C(CSc1nnc(N2CCOCC2)n1-c1ccccc1)NCCc1ccc(OC(F)F)cc1. The summed E-state index contributed by atoms with van der Waals surface area (Å²) in [5.41, 5.74) is 1.84. The van der Waals surface area contributed by atoms with Crippen molar-refractivity contribution in [2.75, 3.05) is 43.5 Å². The molecule has 1 amide bonds. The van der Waals surface area contributed by atoms with Crippen LogP contribution in [-0.2, 0) is 16.0 Å². The van der Waals surface area contributed by atoms with Crippen LogP contribution in [0.25, 0.3) is 5.69 Å². The number of hydrogen-bond acceptors (Lipinski definition) is 7. The highest BCUT2D eigenvalue weighted by Crippen LogP contribution is 2.27. The van der Waals surface area contributed by atoms with E-state index in [0.717, 1.165) is 30.3 Å². The van der Waals surface area contributed by atoms with Crippen LogP contribution >= 0.6 is 11.8 Å². The Morgan fingerprint density at radius 1 is 1.09 bits per heavy atom. The van der Waals surface area contributed by atoms with Gasteiger partial charge in [-0.2, -0.15) is 8.78 Å². The number of carbonyl (C=O) groups is 1. The number of nitrogens with zero attached hydrogens (tertiary/aromatic N) is 4. The van der Waals surface area contributed by atoms with E-state index in [1.54, 1.807) is 12.1 Å². The maximum absolute atomic E-state index is 12.4. The van der Waals surface area contributed by atoms with Crippen LogP contribution in [0.1, 0.15) is 5.56 Å². The number of carbonyl (C=O) groups excluding carboxylic acids is 1. The molecule has 2 aromatic carbocycles. The number of thioether (sulfide) groups is 1. The van der Waals surface area contributed by atoms with Crippen molar-refractivity contribution in [3.8, 4) is 11.4 Å². The van der Waals surface area contributed by atoms with Crippen LogP contribution in [0.5, 0.6) is 5.75 Å². The first-order chi connectivity index (χ1) is 16.6. The third-order valence-electron chi connectivity index (χ3n) is 5.14. The van der Waals surface area contributed by atoms with Crippen LogP contribution in [0.3, 0.4) is 0 Å². The maximum atomic E-state index is 12.4. The summed E-state index contributed by atoms with van der Waals surface area (Å²) in [6.07, 6.45) is 0.576. The average Bonchev–Trinajstić information content (AvgIpc) is 3.29. The molecule has 4 rings (SSSR count). The van der Waals surface area contributed by atoms with E-state index >= 15 is 0 Å². The minimum Gasteiger partial charge on any atom is -0.435 e. The van der Waals surface area contributed by atoms with E-state index in [-0.39, 0.29) is 17.4 Å². The van der Waals surface area contributed by atoms with Crippen molar-refractivity contribution in [1.82, 2.24) is 20.1 Å². The topological polar surface area (TPSA) is 81.5 Å². The van der Waals surface area contributed by atoms with Crippen molar-refractivity contribution in [2.24, 2.45) is 0 Å². The molecular formula is C23H25F2N5O3S. The number of morpholine rings is 1. The standard InChI is InChI=1S/C23H25F2N5O3S/c24-21(25)33-19-8-6-17(7-9-19)10-11-26-20(31)16-34-23-28-27-22(29-12-14-32-15-13-29)30(23)18-4-2-1-3-5-18/h1-9,21H,10-16H2,(H,26,31). The Hall–Kier alpha value is -3.18. The second-order valence-electron chi connectivity index (χ2n) is 7.46. The lowest BCUT2D eigenvalue weighted by atomic mass is 10.1. The molecule has 0 bridgehead atoms. The number of hydrogen-bond donors (Lipinski definition) is 1. The van der Waals surface area contributed by atoms with Gasteiger partial charge in [-0.3, -0.25) is 9.36 Å². The smallest absolute Gasteiger partial charge is 0.387 e. The molecule has 11 heteroatoms. The van der Waals surface area contributed by atoms with Crippen molar-refractivity contribution in [3.05, 3.63) is 60.2 Å². The normalized spacial score (nSPS) is 13.8. The lowest BCUT2D eigenvalue weighted by Gasteiger charge is -2.27. The molecule has 180 valence electrons. The Morgan fingerprint density at radius 2 is 1.82 bits per heavy atom. The molecule has 2 heterocycles. The van der Waals surface area contributed by atoms with E-state index in [1.165, 1.54) is 23.9 Å². The zero-order valence-electron chi connectivity index (χ0n) is 18.4. The third-order valence-corrected chi connectivity index (χ3v) is 6.07. The summed E-state index contributed by atoms with van der Waals surface area (Å²) in [6.45, 7) is 0.304. The summed E-state index contributed by atoms with van der Waals surface area (Å²) >= 11 is 1.32. The van der Waals surface area contributed by atoms with E-state index in [0.29, 0.717) is 31.3 Å². The first-order valence-corrected chi connectivity index (χ1v) is 11.9. The second-order valence-corrected chi connectivity index (χ2v) is 8.41. The Bertz CT molecular complexity index is 1060. The summed E-state index contributed by atoms with van der Waals surface area (Å²) in [6, 6.07) is 16.2. The maximum Gasteiger partial charge on any atom is 0.387 e. The van der Waals surface area contributed by atoms with Gasteiger partial charge in [-0.1, -0.05) is 42.1 Å². The molecule has 1 saturated heterocycles. The van der Waals surface area contributed by atoms with Crippen LogP contribution in [-0.4, -0.2) is 65.9 Å². The van der Waals surface area contributed by atoms with Crippen LogP contribution in [0.15, 0.2) is 59.8 Å². The van der Waals surface area contributed by atoms with E-state index in [1.807, 2.05) is 34.9 Å². The van der Waals surface area contributed by atoms with Crippen molar-refractivity contribution < 1.29 is 23.0 Å². The molecule has 8 nitrogen and oxygen atoms in total. The van der Waals surface area contributed by atoms with Gasteiger partial charge in [-0.15, -0.1) is 10.2 Å². The molecule has 1 aromatic heterocycles. The first-order valence-electron chi connectivity index (χ1n) is 10.9. The molecule has 0 atom stereocenters. The molecule has 0 unspecified atom stereocenters. The summed E-state index contributed by atoms with van der Waals surface area (Å²) in [4.78, 5) is 14.5. The number of ether oxygens (including phenoxy) is 2. The van der Waals surface area contributed by atoms with Gasteiger partial charge in [-0.05, 0) is 36.2 Å². The van der Waals surface area contributed by atoms with Crippen molar-refractivity contribution in [1.29, 1.82) is 0 Å². The number of benzene rings is 2. The number of para-hydroxylation sites is 1. The van der Waals surface area contributed by atoms with Gasteiger partial charge in [0.15, 0.2) is 5.16 Å². The predicted molar refractivity (Wildman–Crippen MR) is 125 cm³/mol. The molecular weight excluding hydrogens is 464 g/mol. The lowest BCUT2D eigenvalue weighted by molar-refractivity contribution is -0.118. The minimum atomic E-state index is -2.85. The molecule has 1 aliphatic rings. The molecule has 34 heavy (non-hydrogen) atoms. The summed E-state index contributed by atoms with van der Waals surface area (Å²) < 4.78 is 36.2. The molecule has 0 spiro atoms. The van der Waals surface area contributed by atoms with Crippen molar-refractivity contribution >= 4 is 23.6 Å². The van der Waals surface area contributed by atoms with E-state index in [9.17, 15) is 13.6 Å². The third kappa shape index (κ3) is 6.45. The van der Waals surface area contributed by atoms with Crippen LogP contribution < -0.4 is 15.0 Å². The molecule has 1 N–H and O–H groups in total. The van der Waals surface area contributed by atoms with E-state index in [2.05, 4.69) is 25.2 Å². The number of amides is 1. The zero-order chi connectivity index (χ0) is 23.8. The molecule has 1 fully saturated rings. The minimum absolute atomic E-state index is 0.109. The number of aromatic nitrogens is 3. The van der Waals surface area contributed by atoms with Gasteiger partial charge in [0.2, 0.25) is 11.9 Å². The monoisotopic (exact) mass is 489 g/mol. The van der Waals surface area contributed by atoms with Crippen molar-refractivity contribution in [3.63, 3.8) is 0 Å². The fraction of sp³-hybridized carbons (Fsp3) is 0.348. The van der Waals surface area contributed by atoms with E-state index < -0.39 is 6.61 Å². The molecule has 0 radical (unpaired) electrons. The molecule has 3 aromatic rings. The van der Waals surface area contributed by atoms with Gasteiger partial charge < -0.3 is 19.7 Å². The van der Waals surface area contributed by atoms with Gasteiger partial charge in [0.25, 0.3) is 0 Å². The number of rotatable bonds is 10. The van der Waals surface area contributed by atoms with Crippen LogP contribution in [0, 0.1) is 0 Å². The lowest BCUT2D eigenvalue weighted by Crippen LogP contribution is -2.37. The van der Waals surface area contributed by atoms with Gasteiger partial charge >= 0.3 is 6.61 Å². The Morgan fingerprint density at radius 3 is 2.53 bits per heavy atom. The van der Waals surface area contributed by atoms with Gasteiger partial charge in [0, 0.05) is 19.6 Å². The fourth-order valence-electron chi connectivity index (χ4n) is 3.49. The van der Waals surface area contributed by atoms with Gasteiger partial charge in [0.1, 0.15) is 5.75 Å². The zero-order valence-corrected chi connectivity index (χ0v) is 19.2. The second kappa shape index (κ2) is 11.8. The van der Waals surface area contributed by atoms with Crippen LogP contribution in [0.4, 0.5) is 14.7 Å². The Labute approximate surface area is 200 Å². The van der Waals surface area contributed by atoms with E-state index in [4.69, 9.17) is 4.74 Å². The Balaban J connectivity index is 1.33. The van der Waals surface area contributed by atoms with Gasteiger partial charge in [-0.25, -0.2) is 0 Å². The highest BCUT2D eigenvalue weighted by molar-refractivity contribution is 7.99.